The van der Waals surface area contributed by atoms with Crippen molar-refractivity contribution in [2.24, 2.45) is 5.73 Å². The van der Waals surface area contributed by atoms with Crippen LogP contribution in [-0.2, 0) is 0 Å². The first kappa shape index (κ1) is 11.6. The largest absolute Gasteiger partial charge is 0.383 e. The molecule has 0 aliphatic heterocycles. The number of hydrogen-bond acceptors (Lipinski definition) is 2. The van der Waals surface area contributed by atoms with Gasteiger partial charge in [0, 0.05) is 17.3 Å². The van der Waals surface area contributed by atoms with Crippen molar-refractivity contribution in [3.63, 3.8) is 0 Å². The Bertz CT molecular complexity index is 319. The minimum absolute atomic E-state index is 0.386. The first-order valence-corrected chi connectivity index (χ1v) is 5.30. The van der Waals surface area contributed by atoms with Crippen molar-refractivity contribution in [2.75, 3.05) is 5.32 Å². The van der Waals surface area contributed by atoms with Gasteiger partial charge in [0.1, 0.15) is 0 Å². The number of nitrogens with one attached hydrogen (secondary N) is 1. The van der Waals surface area contributed by atoms with Crippen molar-refractivity contribution in [2.45, 2.75) is 32.7 Å². The first-order chi connectivity index (χ1) is 7.13. The molecular weight excluding hydrogens is 188 g/mol. The minimum Gasteiger partial charge on any atom is -0.383 e. The average molecular weight is 206 g/mol. The van der Waals surface area contributed by atoms with Gasteiger partial charge in [0.2, 0.25) is 5.91 Å². The molecule has 0 bridgehead atoms. The molecule has 0 fully saturated rings. The van der Waals surface area contributed by atoms with Gasteiger partial charge in [-0.3, -0.25) is 4.79 Å². The molecule has 0 radical (unpaired) electrons. The van der Waals surface area contributed by atoms with Crippen LogP contribution in [-0.4, -0.2) is 11.9 Å². The summed E-state index contributed by atoms with van der Waals surface area (Å²) in [6.45, 7) is 4.31. The van der Waals surface area contributed by atoms with E-state index in [-0.39, 0.29) is 5.91 Å². The number of carbonyl (C=O) groups is 1. The molecule has 0 saturated carbocycles. The van der Waals surface area contributed by atoms with Gasteiger partial charge >= 0.3 is 0 Å². The molecule has 3 heteroatoms. The molecule has 15 heavy (non-hydrogen) atoms. The van der Waals surface area contributed by atoms with Gasteiger partial charge in [-0.05, 0) is 37.6 Å². The SMILES string of the molecule is CCCC(C)Nc1ccc(C(N)=O)cc1. The molecule has 1 aromatic rings. The van der Waals surface area contributed by atoms with E-state index in [1.165, 1.54) is 0 Å². The van der Waals surface area contributed by atoms with Gasteiger partial charge in [0.15, 0.2) is 0 Å². The Morgan fingerprint density at radius 2 is 2.00 bits per heavy atom. The van der Waals surface area contributed by atoms with Gasteiger partial charge in [-0.2, -0.15) is 0 Å². The number of amides is 1. The topological polar surface area (TPSA) is 55.1 Å². The highest BCUT2D eigenvalue weighted by atomic mass is 16.1. The molecule has 1 amide bonds. The van der Waals surface area contributed by atoms with Crippen LogP contribution in [0.1, 0.15) is 37.0 Å². The number of rotatable bonds is 5. The third-order valence-electron chi connectivity index (χ3n) is 2.30. The van der Waals surface area contributed by atoms with Crippen LogP contribution in [0.3, 0.4) is 0 Å². The maximum absolute atomic E-state index is 10.8. The molecule has 0 spiro atoms. The van der Waals surface area contributed by atoms with Crippen molar-refractivity contribution in [3.8, 4) is 0 Å². The van der Waals surface area contributed by atoms with Crippen molar-refractivity contribution < 1.29 is 4.79 Å². The summed E-state index contributed by atoms with van der Waals surface area (Å²) in [5, 5.41) is 3.36. The fraction of sp³-hybridized carbons (Fsp3) is 0.417. The van der Waals surface area contributed by atoms with Crippen LogP contribution in [0.15, 0.2) is 24.3 Å². The highest BCUT2D eigenvalue weighted by molar-refractivity contribution is 5.93. The number of carbonyl (C=O) groups excluding carboxylic acids is 1. The van der Waals surface area contributed by atoms with E-state index in [0.717, 1.165) is 18.5 Å². The van der Waals surface area contributed by atoms with E-state index in [4.69, 9.17) is 5.73 Å². The molecular formula is C12H18N2O. The second-order valence-corrected chi connectivity index (χ2v) is 3.78. The summed E-state index contributed by atoms with van der Waals surface area (Å²) >= 11 is 0. The summed E-state index contributed by atoms with van der Waals surface area (Å²) in [6.07, 6.45) is 2.30. The van der Waals surface area contributed by atoms with Crippen LogP contribution < -0.4 is 11.1 Å². The summed E-state index contributed by atoms with van der Waals surface area (Å²) in [5.74, 6) is -0.386. The van der Waals surface area contributed by atoms with Gasteiger partial charge in [-0.1, -0.05) is 13.3 Å². The molecule has 0 saturated heterocycles. The number of hydrogen-bond donors (Lipinski definition) is 2. The maximum atomic E-state index is 10.8. The fourth-order valence-electron chi connectivity index (χ4n) is 1.52. The van der Waals surface area contributed by atoms with Crippen molar-refractivity contribution >= 4 is 11.6 Å². The van der Waals surface area contributed by atoms with Crippen LogP contribution >= 0.6 is 0 Å². The van der Waals surface area contributed by atoms with Crippen molar-refractivity contribution in [3.05, 3.63) is 29.8 Å². The minimum atomic E-state index is -0.386. The quantitative estimate of drug-likeness (QED) is 0.777. The number of benzene rings is 1. The van der Waals surface area contributed by atoms with Crippen molar-refractivity contribution in [1.82, 2.24) is 0 Å². The zero-order valence-corrected chi connectivity index (χ0v) is 9.29. The predicted molar refractivity (Wildman–Crippen MR) is 63.0 cm³/mol. The number of nitrogens with two attached hydrogens (primary N) is 1. The number of anilines is 1. The molecule has 0 aliphatic carbocycles. The fourth-order valence-corrected chi connectivity index (χ4v) is 1.52. The second kappa shape index (κ2) is 5.39. The lowest BCUT2D eigenvalue weighted by Crippen LogP contribution is -2.15. The Hall–Kier alpha value is -1.51. The summed E-state index contributed by atoms with van der Waals surface area (Å²) in [7, 11) is 0. The van der Waals surface area contributed by atoms with E-state index < -0.39 is 0 Å². The molecule has 1 unspecified atom stereocenters. The molecule has 1 aromatic carbocycles. The van der Waals surface area contributed by atoms with Gasteiger partial charge in [-0.15, -0.1) is 0 Å². The van der Waals surface area contributed by atoms with Crippen LogP contribution in [0, 0.1) is 0 Å². The highest BCUT2D eigenvalue weighted by Gasteiger charge is 2.02. The third-order valence-corrected chi connectivity index (χ3v) is 2.30. The first-order valence-electron chi connectivity index (χ1n) is 5.30. The number of primary amides is 1. The molecule has 3 N–H and O–H groups in total. The lowest BCUT2D eigenvalue weighted by Gasteiger charge is -2.14. The summed E-state index contributed by atoms with van der Waals surface area (Å²) in [6, 6.07) is 7.69. The molecule has 1 atom stereocenters. The summed E-state index contributed by atoms with van der Waals surface area (Å²) in [4.78, 5) is 10.8. The van der Waals surface area contributed by atoms with Crippen molar-refractivity contribution in [1.29, 1.82) is 0 Å². The van der Waals surface area contributed by atoms with Gasteiger partial charge in [0.05, 0.1) is 0 Å². The highest BCUT2D eigenvalue weighted by Crippen LogP contribution is 2.12. The van der Waals surface area contributed by atoms with Crippen LogP contribution in [0.4, 0.5) is 5.69 Å². The van der Waals surface area contributed by atoms with Gasteiger partial charge in [-0.25, -0.2) is 0 Å². The maximum Gasteiger partial charge on any atom is 0.248 e. The van der Waals surface area contributed by atoms with Gasteiger partial charge < -0.3 is 11.1 Å². The lowest BCUT2D eigenvalue weighted by molar-refractivity contribution is 0.100. The lowest BCUT2D eigenvalue weighted by atomic mass is 10.1. The Kier molecular flexibility index (Phi) is 4.16. The Morgan fingerprint density at radius 3 is 2.47 bits per heavy atom. The zero-order valence-electron chi connectivity index (χ0n) is 9.29. The Morgan fingerprint density at radius 1 is 1.40 bits per heavy atom. The van der Waals surface area contributed by atoms with Crippen LogP contribution in [0.25, 0.3) is 0 Å². The van der Waals surface area contributed by atoms with E-state index in [1.807, 2.05) is 12.1 Å². The Balaban J connectivity index is 2.60. The average Bonchev–Trinajstić information content (AvgIpc) is 2.18. The predicted octanol–water partition coefficient (Wildman–Crippen LogP) is 2.39. The second-order valence-electron chi connectivity index (χ2n) is 3.78. The Labute approximate surface area is 90.7 Å². The van der Waals surface area contributed by atoms with Crippen LogP contribution in [0.5, 0.6) is 0 Å². The normalized spacial score (nSPS) is 12.1. The third kappa shape index (κ3) is 3.62. The zero-order chi connectivity index (χ0) is 11.3. The van der Waals surface area contributed by atoms with E-state index >= 15 is 0 Å². The monoisotopic (exact) mass is 206 g/mol. The molecule has 82 valence electrons. The summed E-state index contributed by atoms with van der Waals surface area (Å²) in [5.41, 5.74) is 6.73. The van der Waals surface area contributed by atoms with E-state index in [1.54, 1.807) is 12.1 Å². The van der Waals surface area contributed by atoms with E-state index in [9.17, 15) is 4.79 Å². The smallest absolute Gasteiger partial charge is 0.248 e. The van der Waals surface area contributed by atoms with E-state index in [2.05, 4.69) is 19.2 Å². The molecule has 1 rings (SSSR count). The van der Waals surface area contributed by atoms with Crippen LogP contribution in [0.2, 0.25) is 0 Å². The molecule has 3 nitrogen and oxygen atoms in total. The summed E-state index contributed by atoms with van der Waals surface area (Å²) < 4.78 is 0. The standard InChI is InChI=1S/C12H18N2O/c1-3-4-9(2)14-11-7-5-10(6-8-11)12(13)15/h5-9,14H,3-4H2,1-2H3,(H2,13,15). The molecule has 0 aliphatic rings. The van der Waals surface area contributed by atoms with Gasteiger partial charge in [0.25, 0.3) is 0 Å². The van der Waals surface area contributed by atoms with E-state index in [0.29, 0.717) is 11.6 Å². The molecule has 0 heterocycles. The molecule has 0 aromatic heterocycles.